The standard InChI is InChI=1S/C22H18N2O2/c1-16(26-19-11-7-8-17(14-19)15-23)22(25)24-21-13-6-5-12-20(21)18-9-3-2-4-10-18/h2-14,16H,1H3,(H,24,25). The third-order valence-corrected chi connectivity index (χ3v) is 3.91. The van der Waals surface area contributed by atoms with Gasteiger partial charge in [0.15, 0.2) is 6.10 Å². The highest BCUT2D eigenvalue weighted by atomic mass is 16.5. The molecule has 0 aliphatic carbocycles. The lowest BCUT2D eigenvalue weighted by Crippen LogP contribution is -2.30. The molecule has 3 aromatic carbocycles. The largest absolute Gasteiger partial charge is 0.481 e. The molecule has 0 fully saturated rings. The third-order valence-electron chi connectivity index (χ3n) is 3.91. The number of rotatable bonds is 5. The molecule has 0 saturated carbocycles. The van der Waals surface area contributed by atoms with E-state index in [9.17, 15) is 4.79 Å². The first-order chi connectivity index (χ1) is 12.7. The minimum atomic E-state index is -0.701. The van der Waals surface area contributed by atoms with Crippen LogP contribution < -0.4 is 10.1 Å². The number of nitrogens with zero attached hydrogens (tertiary/aromatic N) is 1. The zero-order chi connectivity index (χ0) is 18.4. The summed E-state index contributed by atoms with van der Waals surface area (Å²) in [5.41, 5.74) is 3.19. The molecule has 4 nitrogen and oxygen atoms in total. The van der Waals surface area contributed by atoms with E-state index in [1.165, 1.54) is 0 Å². The fourth-order valence-electron chi connectivity index (χ4n) is 2.59. The van der Waals surface area contributed by atoms with Crippen molar-refractivity contribution in [2.24, 2.45) is 0 Å². The fraction of sp³-hybridized carbons (Fsp3) is 0.0909. The van der Waals surface area contributed by atoms with E-state index in [4.69, 9.17) is 10.00 Å². The van der Waals surface area contributed by atoms with Gasteiger partial charge in [-0.3, -0.25) is 4.79 Å². The van der Waals surface area contributed by atoms with Gasteiger partial charge < -0.3 is 10.1 Å². The molecule has 0 bridgehead atoms. The predicted octanol–water partition coefficient (Wildman–Crippen LogP) is 4.63. The zero-order valence-corrected chi connectivity index (χ0v) is 14.3. The molecule has 26 heavy (non-hydrogen) atoms. The minimum absolute atomic E-state index is 0.254. The van der Waals surface area contributed by atoms with E-state index in [2.05, 4.69) is 11.4 Å². The summed E-state index contributed by atoms with van der Waals surface area (Å²) in [7, 11) is 0. The van der Waals surface area contributed by atoms with Gasteiger partial charge in [-0.05, 0) is 36.8 Å². The number of nitrogens with one attached hydrogen (secondary N) is 1. The number of hydrogen-bond donors (Lipinski definition) is 1. The van der Waals surface area contributed by atoms with Crippen molar-refractivity contribution >= 4 is 11.6 Å². The molecule has 3 rings (SSSR count). The van der Waals surface area contributed by atoms with Crippen LogP contribution >= 0.6 is 0 Å². The molecule has 4 heteroatoms. The van der Waals surface area contributed by atoms with E-state index in [1.54, 1.807) is 31.2 Å². The maximum Gasteiger partial charge on any atom is 0.265 e. The van der Waals surface area contributed by atoms with Crippen LogP contribution in [0.25, 0.3) is 11.1 Å². The van der Waals surface area contributed by atoms with Gasteiger partial charge in [0.2, 0.25) is 0 Å². The summed E-state index contributed by atoms with van der Waals surface area (Å²) in [4.78, 5) is 12.6. The van der Waals surface area contributed by atoms with Crippen LogP contribution in [0.5, 0.6) is 5.75 Å². The van der Waals surface area contributed by atoms with Crippen molar-refractivity contribution in [1.82, 2.24) is 0 Å². The Bertz CT molecular complexity index is 946. The number of hydrogen-bond acceptors (Lipinski definition) is 3. The molecule has 0 radical (unpaired) electrons. The number of anilines is 1. The van der Waals surface area contributed by atoms with Crippen molar-refractivity contribution < 1.29 is 9.53 Å². The van der Waals surface area contributed by atoms with Crippen LogP contribution in [0.3, 0.4) is 0 Å². The molecule has 0 aliphatic heterocycles. The normalized spacial score (nSPS) is 11.2. The minimum Gasteiger partial charge on any atom is -0.481 e. The van der Waals surface area contributed by atoms with Crippen LogP contribution in [0.1, 0.15) is 12.5 Å². The summed E-state index contributed by atoms with van der Waals surface area (Å²) in [6.45, 7) is 1.68. The van der Waals surface area contributed by atoms with Gasteiger partial charge in [0.05, 0.1) is 11.6 Å². The summed E-state index contributed by atoms with van der Waals surface area (Å²) >= 11 is 0. The van der Waals surface area contributed by atoms with Gasteiger partial charge in [-0.1, -0.05) is 54.6 Å². The molecule has 1 N–H and O–H groups in total. The van der Waals surface area contributed by atoms with Crippen LogP contribution in [-0.4, -0.2) is 12.0 Å². The monoisotopic (exact) mass is 342 g/mol. The Kier molecular flexibility index (Phi) is 5.31. The Balaban J connectivity index is 1.75. The maximum absolute atomic E-state index is 12.6. The molecule has 1 unspecified atom stereocenters. The Labute approximate surface area is 152 Å². The molecule has 0 aromatic heterocycles. The first-order valence-corrected chi connectivity index (χ1v) is 8.29. The molecule has 1 atom stereocenters. The average molecular weight is 342 g/mol. The van der Waals surface area contributed by atoms with Crippen LogP contribution in [0.4, 0.5) is 5.69 Å². The Hall–Kier alpha value is -3.58. The smallest absolute Gasteiger partial charge is 0.265 e. The summed E-state index contributed by atoms with van der Waals surface area (Å²) in [6, 6.07) is 26.3. The van der Waals surface area contributed by atoms with Crippen molar-refractivity contribution in [2.45, 2.75) is 13.0 Å². The molecular weight excluding hydrogens is 324 g/mol. The van der Waals surface area contributed by atoms with Gasteiger partial charge in [-0.2, -0.15) is 5.26 Å². The van der Waals surface area contributed by atoms with E-state index >= 15 is 0 Å². The highest BCUT2D eigenvalue weighted by molar-refractivity contribution is 5.98. The average Bonchev–Trinajstić information content (AvgIpc) is 2.69. The summed E-state index contributed by atoms with van der Waals surface area (Å²) in [6.07, 6.45) is -0.701. The van der Waals surface area contributed by atoms with Gasteiger partial charge in [-0.15, -0.1) is 0 Å². The number of ether oxygens (including phenoxy) is 1. The summed E-state index contributed by atoms with van der Waals surface area (Å²) < 4.78 is 5.67. The number of carbonyl (C=O) groups excluding carboxylic acids is 1. The van der Waals surface area contributed by atoms with Crippen LogP contribution in [0.15, 0.2) is 78.9 Å². The SMILES string of the molecule is CC(Oc1cccc(C#N)c1)C(=O)Nc1ccccc1-c1ccccc1. The lowest BCUT2D eigenvalue weighted by atomic mass is 10.0. The highest BCUT2D eigenvalue weighted by Crippen LogP contribution is 2.27. The van der Waals surface area contributed by atoms with E-state index in [0.29, 0.717) is 11.3 Å². The first-order valence-electron chi connectivity index (χ1n) is 8.29. The lowest BCUT2D eigenvalue weighted by Gasteiger charge is -2.17. The van der Waals surface area contributed by atoms with Crippen molar-refractivity contribution in [3.63, 3.8) is 0 Å². The lowest BCUT2D eigenvalue weighted by molar-refractivity contribution is -0.122. The predicted molar refractivity (Wildman–Crippen MR) is 102 cm³/mol. The van der Waals surface area contributed by atoms with E-state index in [0.717, 1.165) is 16.8 Å². The number of benzene rings is 3. The van der Waals surface area contributed by atoms with Gasteiger partial charge in [0, 0.05) is 11.3 Å². The van der Waals surface area contributed by atoms with Gasteiger partial charge >= 0.3 is 0 Å². The number of para-hydroxylation sites is 1. The van der Waals surface area contributed by atoms with Crippen LogP contribution in [0.2, 0.25) is 0 Å². The van der Waals surface area contributed by atoms with Gasteiger partial charge in [0.1, 0.15) is 5.75 Å². The van der Waals surface area contributed by atoms with E-state index in [-0.39, 0.29) is 5.91 Å². The van der Waals surface area contributed by atoms with Crippen molar-refractivity contribution in [3.8, 4) is 22.9 Å². The zero-order valence-electron chi connectivity index (χ0n) is 14.3. The molecule has 0 spiro atoms. The number of nitriles is 1. The number of carbonyl (C=O) groups is 1. The van der Waals surface area contributed by atoms with Crippen molar-refractivity contribution in [2.75, 3.05) is 5.32 Å². The molecule has 0 aliphatic rings. The third kappa shape index (κ3) is 4.08. The van der Waals surface area contributed by atoms with Crippen LogP contribution in [-0.2, 0) is 4.79 Å². The fourth-order valence-corrected chi connectivity index (χ4v) is 2.59. The molecule has 1 amide bonds. The second-order valence-electron chi connectivity index (χ2n) is 5.80. The Morgan fingerprint density at radius 1 is 1.00 bits per heavy atom. The Morgan fingerprint density at radius 2 is 1.73 bits per heavy atom. The van der Waals surface area contributed by atoms with Gasteiger partial charge in [-0.25, -0.2) is 0 Å². The molecule has 0 saturated heterocycles. The van der Waals surface area contributed by atoms with Gasteiger partial charge in [0.25, 0.3) is 5.91 Å². The molecule has 128 valence electrons. The first kappa shape index (κ1) is 17.2. The quantitative estimate of drug-likeness (QED) is 0.735. The summed E-state index contributed by atoms with van der Waals surface area (Å²) in [5.74, 6) is 0.235. The second-order valence-corrected chi connectivity index (χ2v) is 5.80. The van der Waals surface area contributed by atoms with E-state index < -0.39 is 6.10 Å². The highest BCUT2D eigenvalue weighted by Gasteiger charge is 2.16. The van der Waals surface area contributed by atoms with Crippen molar-refractivity contribution in [1.29, 1.82) is 5.26 Å². The molecule has 0 heterocycles. The topological polar surface area (TPSA) is 62.1 Å². The number of amides is 1. The maximum atomic E-state index is 12.6. The summed E-state index contributed by atoms with van der Waals surface area (Å²) in [5, 5.41) is 11.9. The van der Waals surface area contributed by atoms with Crippen LogP contribution in [0, 0.1) is 11.3 Å². The van der Waals surface area contributed by atoms with Crippen molar-refractivity contribution in [3.05, 3.63) is 84.4 Å². The second kappa shape index (κ2) is 8.00. The van der Waals surface area contributed by atoms with E-state index in [1.807, 2.05) is 54.6 Å². The molecule has 3 aromatic rings. The Morgan fingerprint density at radius 3 is 2.50 bits per heavy atom. The molecular formula is C22H18N2O2.